The number of halogens is 2. The van der Waals surface area contributed by atoms with Gasteiger partial charge in [0.15, 0.2) is 5.65 Å². The lowest BCUT2D eigenvalue weighted by Crippen LogP contribution is -2.52. The molecule has 1 N–H and O–H groups in total. The van der Waals surface area contributed by atoms with E-state index in [1.54, 1.807) is 6.20 Å². The Labute approximate surface area is 189 Å². The van der Waals surface area contributed by atoms with Crippen molar-refractivity contribution in [2.75, 3.05) is 19.6 Å². The number of piperazine rings is 1. The van der Waals surface area contributed by atoms with Crippen molar-refractivity contribution in [1.29, 1.82) is 0 Å². The second-order valence-electron chi connectivity index (χ2n) is 7.84. The maximum Gasteiger partial charge on any atom is 0.255 e. The first-order chi connectivity index (χ1) is 13.5. The Morgan fingerprint density at radius 3 is 2.63 bits per heavy atom. The molecule has 0 saturated carbocycles. The van der Waals surface area contributed by atoms with E-state index >= 15 is 0 Å². The monoisotopic (exact) mass is 449 g/mol. The zero-order valence-electron chi connectivity index (χ0n) is 17.8. The van der Waals surface area contributed by atoms with Gasteiger partial charge in [0.25, 0.3) is 5.91 Å². The zero-order valence-corrected chi connectivity index (χ0v) is 19.4. The van der Waals surface area contributed by atoms with Gasteiger partial charge in [-0.05, 0) is 39.3 Å². The van der Waals surface area contributed by atoms with Gasteiger partial charge in [-0.15, -0.1) is 24.8 Å². The minimum absolute atomic E-state index is 0. The van der Waals surface area contributed by atoms with Crippen LogP contribution in [-0.4, -0.2) is 51.2 Å². The molecule has 162 valence electrons. The maximum atomic E-state index is 13.5. The summed E-state index contributed by atoms with van der Waals surface area (Å²) in [6.07, 6.45) is 1.78. The number of nitrogens with zero attached hydrogens (tertiary/aromatic N) is 4. The fourth-order valence-electron chi connectivity index (χ4n) is 3.87. The molecule has 3 heterocycles. The highest BCUT2D eigenvalue weighted by atomic mass is 35.5. The van der Waals surface area contributed by atoms with Crippen LogP contribution in [-0.2, 0) is 0 Å². The van der Waals surface area contributed by atoms with Gasteiger partial charge >= 0.3 is 0 Å². The number of rotatable bonds is 3. The molecule has 1 fully saturated rings. The third-order valence-corrected chi connectivity index (χ3v) is 5.47. The number of hydrogen-bond donors (Lipinski definition) is 1. The van der Waals surface area contributed by atoms with Crippen molar-refractivity contribution in [1.82, 2.24) is 25.0 Å². The molecule has 4 rings (SSSR count). The third-order valence-electron chi connectivity index (χ3n) is 5.47. The summed E-state index contributed by atoms with van der Waals surface area (Å²) < 4.78 is 1.90. The molecular formula is C22H29Cl2N5O. The highest BCUT2D eigenvalue weighted by Crippen LogP contribution is 2.29. The summed E-state index contributed by atoms with van der Waals surface area (Å²) in [6.45, 7) is 10.7. The summed E-state index contributed by atoms with van der Waals surface area (Å²) in [7, 11) is 0. The molecule has 1 atom stereocenters. The summed E-state index contributed by atoms with van der Waals surface area (Å²) in [5, 5.41) is 8.70. The van der Waals surface area contributed by atoms with Crippen LogP contribution in [0.25, 0.3) is 22.3 Å². The number of aromatic nitrogens is 3. The second kappa shape index (κ2) is 9.77. The van der Waals surface area contributed by atoms with Crippen molar-refractivity contribution >= 4 is 41.8 Å². The number of carbonyl (C=O) groups excluding carboxylic acids is 1. The molecule has 6 nitrogen and oxygen atoms in total. The van der Waals surface area contributed by atoms with Crippen LogP contribution in [0.3, 0.4) is 0 Å². The Hall–Kier alpha value is -2.15. The summed E-state index contributed by atoms with van der Waals surface area (Å²) in [6, 6.07) is 10.4. The molecular weight excluding hydrogens is 421 g/mol. The Morgan fingerprint density at radius 1 is 1.23 bits per heavy atom. The van der Waals surface area contributed by atoms with Crippen LogP contribution < -0.4 is 5.32 Å². The largest absolute Gasteiger partial charge is 0.333 e. The maximum absolute atomic E-state index is 13.5. The molecule has 1 saturated heterocycles. The predicted molar refractivity (Wildman–Crippen MR) is 126 cm³/mol. The summed E-state index contributed by atoms with van der Waals surface area (Å²) in [5.74, 6) is 0.0551. The molecule has 1 aliphatic heterocycles. The van der Waals surface area contributed by atoms with Crippen LogP contribution in [0.2, 0.25) is 0 Å². The quantitative estimate of drug-likeness (QED) is 0.648. The Morgan fingerprint density at radius 2 is 1.97 bits per heavy atom. The number of amides is 1. The number of nitrogens with one attached hydrogen (secondary N) is 1. The predicted octanol–water partition coefficient (Wildman–Crippen LogP) is 4.27. The Kier molecular flexibility index (Phi) is 7.86. The van der Waals surface area contributed by atoms with Gasteiger partial charge in [0.1, 0.15) is 0 Å². The van der Waals surface area contributed by atoms with E-state index in [2.05, 4.69) is 50.2 Å². The fourth-order valence-corrected chi connectivity index (χ4v) is 3.87. The van der Waals surface area contributed by atoms with Crippen LogP contribution in [0.1, 0.15) is 42.7 Å². The van der Waals surface area contributed by atoms with Gasteiger partial charge in [-0.25, -0.2) is 9.67 Å². The number of pyridine rings is 1. The summed E-state index contributed by atoms with van der Waals surface area (Å²) in [4.78, 5) is 20.4. The van der Waals surface area contributed by atoms with E-state index in [9.17, 15) is 4.79 Å². The van der Waals surface area contributed by atoms with Crippen LogP contribution in [0.15, 0.2) is 36.5 Å². The number of benzene rings is 1. The highest BCUT2D eigenvalue weighted by molar-refractivity contribution is 6.06. The van der Waals surface area contributed by atoms with Crippen molar-refractivity contribution in [3.63, 3.8) is 0 Å². The number of hydrogen-bond acceptors (Lipinski definition) is 4. The minimum Gasteiger partial charge on any atom is -0.333 e. The van der Waals surface area contributed by atoms with Gasteiger partial charge < -0.3 is 10.2 Å². The first-order valence-electron chi connectivity index (χ1n) is 9.93. The van der Waals surface area contributed by atoms with Crippen molar-refractivity contribution in [2.24, 2.45) is 0 Å². The third kappa shape index (κ3) is 4.31. The first kappa shape index (κ1) is 24.1. The van der Waals surface area contributed by atoms with Gasteiger partial charge in [-0.2, -0.15) is 5.10 Å². The average Bonchev–Trinajstić information content (AvgIpc) is 3.12. The second-order valence-corrected chi connectivity index (χ2v) is 7.84. The molecule has 1 aliphatic rings. The Bertz CT molecular complexity index is 1030. The number of carbonyl (C=O) groups is 1. The van der Waals surface area contributed by atoms with Crippen LogP contribution in [0.4, 0.5) is 0 Å². The van der Waals surface area contributed by atoms with Crippen molar-refractivity contribution in [3.05, 3.63) is 47.7 Å². The molecule has 1 amide bonds. The van der Waals surface area contributed by atoms with Crippen LogP contribution in [0, 0.1) is 6.92 Å². The lowest BCUT2D eigenvalue weighted by atomic mass is 10.0. The molecule has 1 aromatic carbocycles. The molecule has 3 aromatic rings. The van der Waals surface area contributed by atoms with Crippen molar-refractivity contribution < 1.29 is 4.79 Å². The van der Waals surface area contributed by atoms with Gasteiger partial charge in [0.05, 0.1) is 22.8 Å². The molecule has 0 radical (unpaired) electrons. The topological polar surface area (TPSA) is 63.1 Å². The molecule has 8 heteroatoms. The van der Waals surface area contributed by atoms with E-state index in [4.69, 9.17) is 4.98 Å². The molecule has 0 spiro atoms. The van der Waals surface area contributed by atoms with Gasteiger partial charge in [0, 0.05) is 37.3 Å². The SMILES string of the molecule is Cc1ccccc1-c1cc(C(=O)N2CCNC[C@@H]2C)c2cnn(C(C)C)c2n1.Cl.Cl. The Balaban J connectivity index is 0.00000160. The van der Waals surface area contributed by atoms with Gasteiger partial charge in [0.2, 0.25) is 0 Å². The van der Waals surface area contributed by atoms with Crippen molar-refractivity contribution in [2.45, 2.75) is 39.8 Å². The van der Waals surface area contributed by atoms with Crippen LogP contribution >= 0.6 is 24.8 Å². The number of fused-ring (bicyclic) bond motifs is 1. The lowest BCUT2D eigenvalue weighted by molar-refractivity contribution is 0.0658. The smallest absolute Gasteiger partial charge is 0.255 e. The van der Waals surface area contributed by atoms with E-state index in [1.807, 2.05) is 27.8 Å². The molecule has 30 heavy (non-hydrogen) atoms. The molecule has 0 bridgehead atoms. The normalized spacial score (nSPS) is 16.3. The fraction of sp³-hybridized carbons (Fsp3) is 0.409. The van der Waals surface area contributed by atoms with E-state index in [-0.39, 0.29) is 42.8 Å². The van der Waals surface area contributed by atoms with E-state index < -0.39 is 0 Å². The van der Waals surface area contributed by atoms with E-state index in [1.165, 1.54) is 0 Å². The van der Waals surface area contributed by atoms with Gasteiger partial charge in [-0.3, -0.25) is 4.79 Å². The highest BCUT2D eigenvalue weighted by Gasteiger charge is 2.27. The minimum atomic E-state index is 0. The average molecular weight is 450 g/mol. The summed E-state index contributed by atoms with van der Waals surface area (Å²) >= 11 is 0. The zero-order chi connectivity index (χ0) is 19.8. The van der Waals surface area contributed by atoms with E-state index in [0.29, 0.717) is 12.1 Å². The molecule has 0 unspecified atom stereocenters. The number of aryl methyl sites for hydroxylation is 1. The molecule has 0 aliphatic carbocycles. The van der Waals surface area contributed by atoms with E-state index in [0.717, 1.165) is 40.9 Å². The van der Waals surface area contributed by atoms with Crippen molar-refractivity contribution in [3.8, 4) is 11.3 Å². The van der Waals surface area contributed by atoms with Crippen LogP contribution in [0.5, 0.6) is 0 Å². The lowest BCUT2D eigenvalue weighted by Gasteiger charge is -2.34. The summed E-state index contributed by atoms with van der Waals surface area (Å²) in [5.41, 5.74) is 4.45. The molecule has 2 aromatic heterocycles. The van der Waals surface area contributed by atoms with Gasteiger partial charge in [-0.1, -0.05) is 24.3 Å². The standard InChI is InChI=1S/C22H27N5O.2ClH/c1-14(2)27-21-19(13-24-27)18(22(28)26-10-9-23-12-16(26)4)11-20(25-21)17-8-6-5-7-15(17)3;;/h5-8,11,13-14,16,23H,9-10,12H2,1-4H3;2*1H/t16-;;/m0../s1. The first-order valence-corrected chi connectivity index (χ1v) is 9.93.